The number of hydrogen-bond acceptors (Lipinski definition) is 0. The van der Waals surface area contributed by atoms with E-state index in [1.165, 1.54) is 16.5 Å². The van der Waals surface area contributed by atoms with Crippen molar-refractivity contribution in [3.8, 4) is 0 Å². The zero-order valence-corrected chi connectivity index (χ0v) is 6.46. The van der Waals surface area contributed by atoms with Gasteiger partial charge in [0.15, 0.2) is 0 Å². The van der Waals surface area contributed by atoms with E-state index < -0.39 is 0 Å². The van der Waals surface area contributed by atoms with Gasteiger partial charge in [0, 0.05) is 17.1 Å². The number of H-pyrrole nitrogens is 1. The Kier molecular flexibility index (Phi) is 1.42. The standard InChI is InChI=1S/C10H10N/c1-2-8-7-11-10-6-4-3-5-9(8)10/h2-7,11H,1H3. The summed E-state index contributed by atoms with van der Waals surface area (Å²) in [5, 5.41) is 1.30. The molecule has 0 aliphatic carbocycles. The second-order valence-electron chi connectivity index (χ2n) is 2.58. The highest BCUT2D eigenvalue weighted by molar-refractivity contribution is 5.84. The van der Waals surface area contributed by atoms with E-state index in [9.17, 15) is 0 Å². The van der Waals surface area contributed by atoms with E-state index in [0.29, 0.717) is 0 Å². The minimum atomic E-state index is 1.21. The van der Waals surface area contributed by atoms with Crippen molar-refractivity contribution in [1.29, 1.82) is 0 Å². The third kappa shape index (κ3) is 0.929. The summed E-state index contributed by atoms with van der Waals surface area (Å²) >= 11 is 0. The summed E-state index contributed by atoms with van der Waals surface area (Å²) in [6, 6.07) is 8.31. The van der Waals surface area contributed by atoms with Crippen LogP contribution in [0.3, 0.4) is 0 Å². The summed E-state index contributed by atoms with van der Waals surface area (Å²) in [5.41, 5.74) is 2.49. The maximum absolute atomic E-state index is 3.21. The van der Waals surface area contributed by atoms with Gasteiger partial charge < -0.3 is 4.98 Å². The lowest BCUT2D eigenvalue weighted by molar-refractivity contribution is 1.41. The van der Waals surface area contributed by atoms with Crippen LogP contribution in [0.2, 0.25) is 0 Å². The second kappa shape index (κ2) is 2.42. The summed E-state index contributed by atoms with van der Waals surface area (Å²) in [5.74, 6) is 0. The second-order valence-corrected chi connectivity index (χ2v) is 2.58. The molecule has 0 aliphatic heterocycles. The molecule has 2 rings (SSSR count). The first kappa shape index (κ1) is 6.47. The molecule has 0 atom stereocenters. The molecule has 0 amide bonds. The first-order chi connectivity index (χ1) is 5.42. The Morgan fingerprint density at radius 3 is 2.91 bits per heavy atom. The van der Waals surface area contributed by atoms with Gasteiger partial charge in [0.1, 0.15) is 0 Å². The van der Waals surface area contributed by atoms with Gasteiger partial charge in [-0.25, -0.2) is 0 Å². The van der Waals surface area contributed by atoms with Crippen LogP contribution in [-0.4, -0.2) is 4.98 Å². The van der Waals surface area contributed by atoms with Crippen LogP contribution in [0.5, 0.6) is 0 Å². The first-order valence-corrected chi connectivity index (χ1v) is 3.77. The van der Waals surface area contributed by atoms with E-state index >= 15 is 0 Å². The fourth-order valence-electron chi connectivity index (χ4n) is 1.33. The van der Waals surface area contributed by atoms with E-state index in [0.717, 1.165) is 0 Å². The number of rotatable bonds is 1. The van der Waals surface area contributed by atoms with Crippen molar-refractivity contribution >= 4 is 10.9 Å². The van der Waals surface area contributed by atoms with Crippen LogP contribution in [0.4, 0.5) is 0 Å². The normalized spacial score (nSPS) is 10.6. The van der Waals surface area contributed by atoms with Crippen LogP contribution < -0.4 is 0 Å². The van der Waals surface area contributed by atoms with Crippen LogP contribution in [0.15, 0.2) is 30.5 Å². The van der Waals surface area contributed by atoms with Crippen LogP contribution >= 0.6 is 0 Å². The molecule has 11 heavy (non-hydrogen) atoms. The van der Waals surface area contributed by atoms with Gasteiger partial charge >= 0.3 is 0 Å². The third-order valence-electron chi connectivity index (χ3n) is 1.93. The lowest BCUT2D eigenvalue weighted by atomic mass is 10.1. The summed E-state index contributed by atoms with van der Waals surface area (Å²) in [7, 11) is 0. The lowest BCUT2D eigenvalue weighted by Crippen LogP contribution is -1.70. The Labute approximate surface area is 66.1 Å². The highest BCUT2D eigenvalue weighted by Crippen LogP contribution is 2.18. The topological polar surface area (TPSA) is 15.8 Å². The molecule has 1 heteroatoms. The Balaban J connectivity index is 2.76. The molecule has 1 N–H and O–H groups in total. The fraction of sp³-hybridized carbons (Fsp3) is 0.100. The van der Waals surface area contributed by atoms with Crippen molar-refractivity contribution in [3.05, 3.63) is 42.4 Å². The van der Waals surface area contributed by atoms with Gasteiger partial charge in [-0.05, 0) is 18.1 Å². The predicted molar refractivity (Wildman–Crippen MR) is 47.4 cm³/mol. The maximum atomic E-state index is 3.21. The monoisotopic (exact) mass is 144 g/mol. The number of para-hydroxylation sites is 1. The molecule has 1 aromatic heterocycles. The van der Waals surface area contributed by atoms with Crippen molar-refractivity contribution in [2.45, 2.75) is 6.92 Å². The van der Waals surface area contributed by atoms with Crippen molar-refractivity contribution < 1.29 is 0 Å². The van der Waals surface area contributed by atoms with Crippen LogP contribution in [0.25, 0.3) is 10.9 Å². The van der Waals surface area contributed by atoms with E-state index in [2.05, 4.69) is 36.5 Å². The molecule has 1 radical (unpaired) electrons. The largest absolute Gasteiger partial charge is 0.361 e. The molecule has 0 unspecified atom stereocenters. The van der Waals surface area contributed by atoms with E-state index in [1.807, 2.05) is 12.3 Å². The van der Waals surface area contributed by atoms with E-state index in [1.54, 1.807) is 0 Å². The minimum absolute atomic E-state index is 1.21. The molecule has 0 bridgehead atoms. The van der Waals surface area contributed by atoms with Gasteiger partial charge in [-0.2, -0.15) is 0 Å². The molecule has 1 heterocycles. The molecular weight excluding hydrogens is 134 g/mol. The quantitative estimate of drug-likeness (QED) is 0.633. The summed E-state index contributed by atoms with van der Waals surface area (Å²) in [6.45, 7) is 2.05. The molecule has 1 aromatic carbocycles. The summed E-state index contributed by atoms with van der Waals surface area (Å²) in [6.07, 6.45) is 4.14. The van der Waals surface area contributed by atoms with Gasteiger partial charge in [0.2, 0.25) is 0 Å². The number of aromatic nitrogens is 1. The third-order valence-corrected chi connectivity index (χ3v) is 1.93. The molecule has 0 spiro atoms. The number of hydrogen-bond donors (Lipinski definition) is 1. The fourth-order valence-corrected chi connectivity index (χ4v) is 1.33. The maximum Gasteiger partial charge on any atom is 0.0456 e. The van der Waals surface area contributed by atoms with Gasteiger partial charge in [-0.15, -0.1) is 0 Å². The average molecular weight is 144 g/mol. The van der Waals surface area contributed by atoms with Crippen molar-refractivity contribution in [2.24, 2.45) is 0 Å². The number of benzene rings is 1. The Morgan fingerprint density at radius 2 is 2.09 bits per heavy atom. The average Bonchev–Trinajstić information content (AvgIpc) is 2.47. The SMILES string of the molecule is C[CH]c1c[nH]c2ccccc12. The van der Waals surface area contributed by atoms with E-state index in [4.69, 9.17) is 0 Å². The number of fused-ring (bicyclic) bond motifs is 1. The number of aromatic amines is 1. The van der Waals surface area contributed by atoms with Crippen molar-refractivity contribution in [3.63, 3.8) is 0 Å². The Hall–Kier alpha value is -1.24. The number of nitrogens with one attached hydrogen (secondary N) is 1. The summed E-state index contributed by atoms with van der Waals surface area (Å²) in [4.78, 5) is 3.21. The first-order valence-electron chi connectivity index (χ1n) is 3.77. The van der Waals surface area contributed by atoms with Crippen LogP contribution in [-0.2, 0) is 0 Å². The zero-order valence-electron chi connectivity index (χ0n) is 6.46. The van der Waals surface area contributed by atoms with Gasteiger partial charge in [0.05, 0.1) is 0 Å². The molecule has 0 saturated heterocycles. The summed E-state index contributed by atoms with van der Waals surface area (Å²) < 4.78 is 0. The minimum Gasteiger partial charge on any atom is -0.361 e. The molecular formula is C10H10N. The zero-order chi connectivity index (χ0) is 7.68. The highest BCUT2D eigenvalue weighted by atomic mass is 14.7. The molecule has 1 nitrogen and oxygen atoms in total. The van der Waals surface area contributed by atoms with Gasteiger partial charge in [-0.3, -0.25) is 0 Å². The lowest BCUT2D eigenvalue weighted by Gasteiger charge is -1.90. The molecule has 2 aromatic rings. The molecule has 55 valence electrons. The van der Waals surface area contributed by atoms with Crippen molar-refractivity contribution in [2.75, 3.05) is 0 Å². The Morgan fingerprint density at radius 1 is 1.27 bits per heavy atom. The molecule has 0 aliphatic rings. The smallest absolute Gasteiger partial charge is 0.0456 e. The molecule has 0 fully saturated rings. The molecule has 0 saturated carbocycles. The van der Waals surface area contributed by atoms with Crippen molar-refractivity contribution in [1.82, 2.24) is 4.98 Å². The predicted octanol–water partition coefficient (Wildman–Crippen LogP) is 2.74. The van der Waals surface area contributed by atoms with Gasteiger partial charge in [-0.1, -0.05) is 25.1 Å². The van der Waals surface area contributed by atoms with Crippen LogP contribution in [0.1, 0.15) is 12.5 Å². The Bertz CT molecular complexity index is 360. The highest BCUT2D eigenvalue weighted by Gasteiger charge is 1.98. The van der Waals surface area contributed by atoms with Gasteiger partial charge in [0.25, 0.3) is 0 Å². The van der Waals surface area contributed by atoms with E-state index in [-0.39, 0.29) is 0 Å². The van der Waals surface area contributed by atoms with Crippen LogP contribution in [0, 0.1) is 6.42 Å².